The highest BCUT2D eigenvalue weighted by molar-refractivity contribution is 6.31. The summed E-state index contributed by atoms with van der Waals surface area (Å²) in [6, 6.07) is 6.90. The van der Waals surface area contributed by atoms with Gasteiger partial charge in [-0.3, -0.25) is 9.69 Å². The normalized spacial score (nSPS) is 17.4. The van der Waals surface area contributed by atoms with E-state index in [4.69, 9.17) is 16.3 Å². The summed E-state index contributed by atoms with van der Waals surface area (Å²) in [6.45, 7) is 4.93. The van der Waals surface area contributed by atoms with E-state index in [1.807, 2.05) is 6.07 Å². The van der Waals surface area contributed by atoms with Crippen molar-refractivity contribution in [1.82, 2.24) is 19.8 Å². The van der Waals surface area contributed by atoms with Crippen molar-refractivity contribution in [2.45, 2.75) is 0 Å². The molecule has 2 aromatic rings. The van der Waals surface area contributed by atoms with Crippen LogP contribution in [0.4, 0.5) is 5.95 Å². The van der Waals surface area contributed by atoms with Gasteiger partial charge in [0.2, 0.25) is 5.95 Å². The third-order valence-electron chi connectivity index (χ3n) is 4.73. The van der Waals surface area contributed by atoms with Crippen LogP contribution in [0, 0.1) is 0 Å². The van der Waals surface area contributed by atoms with Crippen LogP contribution in [0.5, 0.6) is 5.75 Å². The monoisotopic (exact) mass is 385 g/mol. The van der Waals surface area contributed by atoms with Crippen LogP contribution in [0.3, 0.4) is 0 Å². The maximum absolute atomic E-state index is 12.8. The summed E-state index contributed by atoms with van der Waals surface area (Å²) >= 11 is 6.04. The second-order valence-electron chi connectivity index (χ2n) is 6.42. The molecule has 0 radical (unpaired) electrons. The molecule has 0 saturated carbocycles. The van der Waals surface area contributed by atoms with Gasteiger partial charge < -0.3 is 14.5 Å². The lowest BCUT2D eigenvalue weighted by Gasteiger charge is -2.35. The van der Waals surface area contributed by atoms with Gasteiger partial charge in [-0.1, -0.05) is 11.6 Å². The van der Waals surface area contributed by atoms with Gasteiger partial charge in [0.1, 0.15) is 12.0 Å². The fourth-order valence-corrected chi connectivity index (χ4v) is 3.40. The lowest BCUT2D eigenvalue weighted by Crippen LogP contribution is -2.49. The Hall–Kier alpha value is -2.64. The van der Waals surface area contributed by atoms with Crippen molar-refractivity contribution in [2.75, 3.05) is 44.2 Å². The second kappa shape index (κ2) is 7.94. The van der Waals surface area contributed by atoms with E-state index in [1.54, 1.807) is 48.0 Å². The lowest BCUT2D eigenvalue weighted by atomic mass is 10.2. The van der Waals surface area contributed by atoms with E-state index in [9.17, 15) is 4.79 Å². The summed E-state index contributed by atoms with van der Waals surface area (Å²) in [5, 5.41) is 0.520. The number of carbonyl (C=O) groups is 1. The number of ether oxygens (including phenoxy) is 1. The Bertz CT molecular complexity index is 837. The molecule has 1 fully saturated rings. The molecule has 0 atom stereocenters. The molecule has 140 valence electrons. The first-order chi connectivity index (χ1) is 13.2. The average Bonchev–Trinajstić information content (AvgIpc) is 2.86. The first-order valence-electron chi connectivity index (χ1n) is 8.89. The zero-order valence-electron chi connectivity index (χ0n) is 14.8. The summed E-state index contributed by atoms with van der Waals surface area (Å²) in [5.74, 6) is 1.20. The molecule has 0 N–H and O–H groups in total. The molecule has 3 heterocycles. The number of fused-ring (bicyclic) bond motifs is 1. The number of anilines is 1. The highest BCUT2D eigenvalue weighted by Gasteiger charge is 2.23. The molecule has 1 saturated heterocycles. The Kier molecular flexibility index (Phi) is 5.22. The van der Waals surface area contributed by atoms with E-state index >= 15 is 0 Å². The molecule has 0 unspecified atom stereocenters. The summed E-state index contributed by atoms with van der Waals surface area (Å²) in [5.41, 5.74) is 0.485. The van der Waals surface area contributed by atoms with Crippen LogP contribution in [0.1, 0.15) is 10.4 Å². The highest BCUT2D eigenvalue weighted by Crippen LogP contribution is 2.26. The Morgan fingerprint density at radius 3 is 2.63 bits per heavy atom. The molecule has 2 aliphatic rings. The van der Waals surface area contributed by atoms with Crippen LogP contribution in [-0.2, 0) is 0 Å². The minimum atomic E-state index is -0.0995. The number of piperazine rings is 1. The van der Waals surface area contributed by atoms with Gasteiger partial charge in [-0.05, 0) is 24.3 Å². The Balaban J connectivity index is 1.33. The molecule has 2 aliphatic heterocycles. The maximum atomic E-state index is 12.8. The minimum absolute atomic E-state index is 0.0995. The smallest absolute Gasteiger partial charge is 0.261 e. The second-order valence-corrected chi connectivity index (χ2v) is 6.86. The number of rotatable bonds is 4. The molecule has 0 bridgehead atoms. The number of aromatic nitrogens is 2. The summed E-state index contributed by atoms with van der Waals surface area (Å²) in [6.07, 6.45) is 6.75. The topological polar surface area (TPSA) is 61.8 Å². The molecule has 4 rings (SSSR count). The van der Waals surface area contributed by atoms with Crippen LogP contribution < -0.4 is 9.64 Å². The third-order valence-corrected chi connectivity index (χ3v) is 4.97. The van der Waals surface area contributed by atoms with Crippen LogP contribution in [0.2, 0.25) is 5.02 Å². The maximum Gasteiger partial charge on any atom is 0.261 e. The predicted octanol–water partition coefficient (Wildman–Crippen LogP) is 2.26. The summed E-state index contributed by atoms with van der Waals surface area (Å²) in [4.78, 5) is 27.6. The molecule has 7 nitrogen and oxygen atoms in total. The molecule has 0 aliphatic carbocycles. The number of nitrogens with zero attached hydrogens (tertiary/aromatic N) is 5. The van der Waals surface area contributed by atoms with Crippen LogP contribution >= 0.6 is 11.6 Å². The van der Waals surface area contributed by atoms with E-state index in [0.29, 0.717) is 22.9 Å². The zero-order chi connectivity index (χ0) is 18.6. The van der Waals surface area contributed by atoms with Gasteiger partial charge in [0.15, 0.2) is 0 Å². The van der Waals surface area contributed by atoms with Crippen LogP contribution in [0.15, 0.2) is 49.1 Å². The van der Waals surface area contributed by atoms with Gasteiger partial charge in [-0.2, -0.15) is 0 Å². The minimum Gasteiger partial charge on any atom is -0.463 e. The fraction of sp³-hybridized carbons (Fsp3) is 0.316. The number of amides is 1. The van der Waals surface area contributed by atoms with Crippen LogP contribution in [-0.4, -0.2) is 64.9 Å². The predicted molar refractivity (Wildman–Crippen MR) is 103 cm³/mol. The number of hydrogen-bond acceptors (Lipinski definition) is 6. The molecule has 1 aromatic carbocycles. The molecule has 8 heteroatoms. The largest absolute Gasteiger partial charge is 0.463 e. The summed E-state index contributed by atoms with van der Waals surface area (Å²) in [7, 11) is 0. The first kappa shape index (κ1) is 17.8. The Morgan fingerprint density at radius 2 is 1.85 bits per heavy atom. The first-order valence-corrected chi connectivity index (χ1v) is 9.27. The van der Waals surface area contributed by atoms with E-state index < -0.39 is 0 Å². The molecular formula is C19H20ClN5O2. The number of benzene rings is 1. The van der Waals surface area contributed by atoms with Gasteiger partial charge in [-0.15, -0.1) is 0 Å². The molecule has 0 spiro atoms. The number of carbonyl (C=O) groups excluding carboxylic acids is 1. The van der Waals surface area contributed by atoms with E-state index in [1.165, 1.54) is 0 Å². The number of halogens is 1. The lowest BCUT2D eigenvalue weighted by molar-refractivity contribution is 0.0807. The van der Waals surface area contributed by atoms with E-state index in [-0.39, 0.29) is 5.91 Å². The van der Waals surface area contributed by atoms with Crippen LogP contribution in [0.25, 0.3) is 0 Å². The molecule has 1 aromatic heterocycles. The summed E-state index contributed by atoms with van der Waals surface area (Å²) < 4.78 is 5.52. The zero-order valence-corrected chi connectivity index (χ0v) is 15.5. The molecular weight excluding hydrogens is 366 g/mol. The highest BCUT2D eigenvalue weighted by atomic mass is 35.5. The SMILES string of the molecule is O=C1c2cc(Cl)ccc2OC=CN1CCN1CCN(c2ncccn2)CC1. The van der Waals surface area contributed by atoms with Crippen molar-refractivity contribution in [1.29, 1.82) is 0 Å². The van der Waals surface area contributed by atoms with Gasteiger partial charge in [-0.25, -0.2) is 9.97 Å². The van der Waals surface area contributed by atoms with Crippen molar-refractivity contribution in [3.8, 4) is 5.75 Å². The van der Waals surface area contributed by atoms with Crippen molar-refractivity contribution in [2.24, 2.45) is 0 Å². The van der Waals surface area contributed by atoms with Gasteiger partial charge in [0, 0.05) is 62.9 Å². The fourth-order valence-electron chi connectivity index (χ4n) is 3.22. The average molecular weight is 386 g/mol. The van der Waals surface area contributed by atoms with Gasteiger partial charge in [0.05, 0.1) is 5.56 Å². The van der Waals surface area contributed by atoms with Gasteiger partial charge in [0.25, 0.3) is 5.91 Å². The quantitative estimate of drug-likeness (QED) is 0.804. The van der Waals surface area contributed by atoms with Crippen molar-refractivity contribution < 1.29 is 9.53 Å². The number of hydrogen-bond donors (Lipinski definition) is 0. The Morgan fingerprint density at radius 1 is 1.07 bits per heavy atom. The Labute approximate surface area is 162 Å². The standard InChI is InChI=1S/C19H20ClN5O2/c20-15-2-3-17-16(14-15)18(26)24(12-13-27-17)9-6-23-7-10-25(11-8-23)19-21-4-1-5-22-19/h1-5,12-14H,6-11H2. The third kappa shape index (κ3) is 4.04. The van der Waals surface area contributed by atoms with E-state index in [0.717, 1.165) is 38.7 Å². The van der Waals surface area contributed by atoms with Crippen molar-refractivity contribution >= 4 is 23.5 Å². The van der Waals surface area contributed by atoms with Crippen molar-refractivity contribution in [3.05, 3.63) is 59.7 Å². The molecule has 27 heavy (non-hydrogen) atoms. The molecule has 1 amide bonds. The van der Waals surface area contributed by atoms with Gasteiger partial charge >= 0.3 is 0 Å². The van der Waals surface area contributed by atoms with E-state index in [2.05, 4.69) is 19.8 Å². The van der Waals surface area contributed by atoms with Crippen molar-refractivity contribution in [3.63, 3.8) is 0 Å².